The molecule has 50 valence electrons. The largest absolute Gasteiger partial charge is 0.473 e. The van der Waals surface area contributed by atoms with Gasteiger partial charge in [0, 0.05) is 83.5 Å². The second kappa shape index (κ2) is 12.6. The number of carbonyl (C=O) groups is 2. The van der Waals surface area contributed by atoms with Crippen LogP contribution in [0.5, 0.6) is 0 Å². The number of halogens is 1. The van der Waals surface area contributed by atoms with Crippen LogP contribution in [0.4, 0.5) is 0 Å². The number of carboxylic acid groups (broad SMARTS) is 2. The van der Waals surface area contributed by atoms with Crippen LogP contribution in [0.2, 0.25) is 0 Å². The van der Waals surface area contributed by atoms with E-state index in [2.05, 4.69) is 0 Å². The van der Waals surface area contributed by atoms with Crippen LogP contribution in [-0.2, 0) is 9.59 Å². The second-order valence-corrected chi connectivity index (χ2v) is 0.610. The summed E-state index contributed by atoms with van der Waals surface area (Å²) in [5.74, 6) is -3.65. The van der Waals surface area contributed by atoms with E-state index in [0.29, 0.717) is 0 Å². The van der Waals surface area contributed by atoms with Crippen LogP contribution in [0.1, 0.15) is 0 Å². The van der Waals surface area contributed by atoms with Crippen LogP contribution in [-0.4, -0.2) is 22.2 Å². The molecule has 9 heavy (non-hydrogen) atoms. The minimum absolute atomic E-state index is 0. The predicted octanol–water partition coefficient (Wildman–Crippen LogP) is -0.423. The minimum Gasteiger partial charge on any atom is -0.473 e. The van der Waals surface area contributed by atoms with E-state index >= 15 is 0 Å². The molecule has 0 aromatic rings. The molecule has 0 saturated carbocycles. The van der Waals surface area contributed by atoms with Crippen molar-refractivity contribution in [2.75, 3.05) is 0 Å². The van der Waals surface area contributed by atoms with Gasteiger partial charge in [-0.2, -0.15) is 0 Å². The Morgan fingerprint density at radius 3 is 1.00 bits per heavy atom. The molecule has 0 aliphatic heterocycles. The zero-order chi connectivity index (χ0) is 5.15. The molecule has 0 radical (unpaired) electrons. The summed E-state index contributed by atoms with van der Waals surface area (Å²) in [6.07, 6.45) is 0. The molecular formula is C2H3Ce2ClO4. The fourth-order valence-corrected chi connectivity index (χ4v) is 0. The Hall–Kier alpha value is 1.98. The predicted molar refractivity (Wildman–Crippen MR) is 22.5 cm³/mol. The van der Waals surface area contributed by atoms with Crippen molar-refractivity contribution in [2.45, 2.75) is 0 Å². The van der Waals surface area contributed by atoms with Crippen LogP contribution in [0.25, 0.3) is 0 Å². The number of rotatable bonds is 0. The van der Waals surface area contributed by atoms with Crippen molar-refractivity contribution in [1.82, 2.24) is 0 Å². The van der Waals surface area contributed by atoms with E-state index in [0.717, 1.165) is 0 Å². The first-order chi connectivity index (χ1) is 2.64. The number of carboxylic acids is 2. The summed E-state index contributed by atoms with van der Waals surface area (Å²) in [7, 11) is 0. The van der Waals surface area contributed by atoms with Crippen LogP contribution in [0.15, 0.2) is 0 Å². The number of hydrogen-bond donors (Lipinski definition) is 2. The van der Waals surface area contributed by atoms with Gasteiger partial charge in [0.2, 0.25) is 0 Å². The van der Waals surface area contributed by atoms with E-state index in [1.807, 2.05) is 0 Å². The summed E-state index contributed by atoms with van der Waals surface area (Å²) in [4.78, 5) is 18.2. The van der Waals surface area contributed by atoms with E-state index < -0.39 is 11.9 Å². The van der Waals surface area contributed by atoms with Crippen molar-refractivity contribution in [3.8, 4) is 0 Å². The summed E-state index contributed by atoms with van der Waals surface area (Å²) in [5, 5.41) is 14.8. The van der Waals surface area contributed by atoms with E-state index in [4.69, 9.17) is 19.8 Å². The number of aliphatic carboxylic acids is 2. The van der Waals surface area contributed by atoms with Gasteiger partial charge in [-0.25, -0.2) is 9.59 Å². The molecule has 0 unspecified atom stereocenters. The normalized spacial score (nSPS) is 4.89. The minimum atomic E-state index is -1.82. The maximum atomic E-state index is 9.10. The first-order valence-corrected chi connectivity index (χ1v) is 1.11. The zero-order valence-electron chi connectivity index (χ0n) is 4.12. The third-order valence-corrected chi connectivity index (χ3v) is 0.183. The van der Waals surface area contributed by atoms with Gasteiger partial charge in [0.15, 0.2) is 0 Å². The smallest absolute Gasteiger partial charge is 0.414 e. The third kappa shape index (κ3) is 17.8. The molecule has 0 rings (SSSR count). The molecule has 0 amide bonds. The molecule has 0 aliphatic rings. The number of hydrogen-bond acceptors (Lipinski definition) is 2. The Morgan fingerprint density at radius 2 is 1.00 bits per heavy atom. The van der Waals surface area contributed by atoms with E-state index in [-0.39, 0.29) is 95.9 Å². The van der Waals surface area contributed by atoms with Crippen molar-refractivity contribution >= 4 is 24.3 Å². The second-order valence-electron chi connectivity index (χ2n) is 0.610. The van der Waals surface area contributed by atoms with Gasteiger partial charge in [0.1, 0.15) is 0 Å². The Kier molecular flexibility index (Phi) is 31.5. The Balaban J connectivity index is -0.0000000417. The summed E-state index contributed by atoms with van der Waals surface area (Å²) in [5.41, 5.74) is 0. The first-order valence-electron chi connectivity index (χ1n) is 1.11. The average molecular weight is 407 g/mol. The molecule has 0 aromatic carbocycles. The van der Waals surface area contributed by atoms with Crippen molar-refractivity contribution < 1.29 is 103 Å². The maximum absolute atomic E-state index is 9.10. The monoisotopic (exact) mass is 406 g/mol. The summed E-state index contributed by atoms with van der Waals surface area (Å²) >= 11 is 0. The third-order valence-electron chi connectivity index (χ3n) is 0.183. The standard InChI is InChI=1S/C2H2O4.2Ce.ClH/c3-1(4)2(5)6;;;/h(H,3,4)(H,5,6);;;1H. The van der Waals surface area contributed by atoms with Gasteiger partial charge in [-0.15, -0.1) is 12.4 Å². The maximum Gasteiger partial charge on any atom is 0.414 e. The Labute approximate surface area is 125 Å². The van der Waals surface area contributed by atoms with Gasteiger partial charge in [-0.05, 0) is 0 Å². The van der Waals surface area contributed by atoms with Gasteiger partial charge >= 0.3 is 11.9 Å². The molecule has 2 N–H and O–H groups in total. The summed E-state index contributed by atoms with van der Waals surface area (Å²) < 4.78 is 0. The van der Waals surface area contributed by atoms with Gasteiger partial charge in [-0.1, -0.05) is 0 Å². The van der Waals surface area contributed by atoms with Crippen LogP contribution < -0.4 is 0 Å². The Morgan fingerprint density at radius 1 is 0.889 bits per heavy atom. The van der Waals surface area contributed by atoms with E-state index in [1.54, 1.807) is 0 Å². The van der Waals surface area contributed by atoms with Crippen molar-refractivity contribution in [2.24, 2.45) is 0 Å². The van der Waals surface area contributed by atoms with Crippen molar-refractivity contribution in [3.63, 3.8) is 0 Å². The zero-order valence-corrected chi connectivity index (χ0v) is 11.2. The Bertz CT molecular complexity index is 82.6. The van der Waals surface area contributed by atoms with Crippen molar-refractivity contribution in [1.29, 1.82) is 0 Å². The van der Waals surface area contributed by atoms with Crippen LogP contribution in [0.3, 0.4) is 0 Å². The fourth-order valence-electron chi connectivity index (χ4n) is 0. The van der Waals surface area contributed by atoms with Gasteiger partial charge < -0.3 is 10.2 Å². The molecule has 0 fully saturated rings. The molecule has 0 aliphatic carbocycles. The van der Waals surface area contributed by atoms with Crippen molar-refractivity contribution in [3.05, 3.63) is 0 Å². The van der Waals surface area contributed by atoms with Crippen LogP contribution >= 0.6 is 12.4 Å². The van der Waals surface area contributed by atoms with Gasteiger partial charge in [0.25, 0.3) is 0 Å². The molecule has 0 heterocycles. The molecule has 4 nitrogen and oxygen atoms in total. The molecular weight excluding hydrogens is 404 g/mol. The first kappa shape index (κ1) is 22.4. The summed E-state index contributed by atoms with van der Waals surface area (Å²) in [6, 6.07) is 0. The van der Waals surface area contributed by atoms with Gasteiger partial charge in [-0.3, -0.25) is 0 Å². The molecule has 0 aromatic heterocycles. The average Bonchev–Trinajstić information content (AvgIpc) is 1.36. The quantitative estimate of drug-likeness (QED) is 0.536. The summed E-state index contributed by atoms with van der Waals surface area (Å²) in [6.45, 7) is 0. The molecule has 7 heteroatoms. The molecule has 0 bridgehead atoms. The van der Waals surface area contributed by atoms with E-state index in [9.17, 15) is 0 Å². The molecule has 0 atom stereocenters. The van der Waals surface area contributed by atoms with E-state index in [1.165, 1.54) is 0 Å². The molecule has 0 saturated heterocycles. The SMILES string of the molecule is Cl.O=C(O)C(=O)O.[Ce].[Ce]. The van der Waals surface area contributed by atoms with Gasteiger partial charge in [0.05, 0.1) is 0 Å². The van der Waals surface area contributed by atoms with Crippen LogP contribution in [0, 0.1) is 83.5 Å². The topological polar surface area (TPSA) is 74.6 Å². The fraction of sp³-hybridized carbons (Fsp3) is 0. The molecule has 0 spiro atoms.